The number of nitrogens with two attached hydrogens (primary N) is 2. The Balaban J connectivity index is 3.30. The van der Waals surface area contributed by atoms with E-state index in [1.807, 2.05) is 6.92 Å². The second-order valence-corrected chi connectivity index (χ2v) is 18.4. The van der Waals surface area contributed by atoms with Crippen LogP contribution in [0.4, 0.5) is 0 Å². The summed E-state index contributed by atoms with van der Waals surface area (Å²) in [6.07, 6.45) is 1.22. The average Bonchev–Trinajstić information content (AvgIpc) is 3.80. The second-order valence-electron chi connectivity index (χ2n) is 18.4. The Labute approximate surface area is 412 Å². The normalized spacial score (nSPS) is 17.1. The van der Waals surface area contributed by atoms with Crippen LogP contribution in [0.1, 0.15) is 121 Å². The predicted octanol–water partition coefficient (Wildman–Crippen LogP) is -2.40. The first-order valence-electron chi connectivity index (χ1n) is 24.5. The van der Waals surface area contributed by atoms with Crippen LogP contribution in [-0.2, 0) is 47.9 Å². The van der Waals surface area contributed by atoms with E-state index >= 15 is 0 Å². The number of amides is 10. The number of aliphatic hydroxyl groups is 1. The lowest BCUT2D eigenvalue weighted by atomic mass is 9.95. The second kappa shape index (κ2) is 31.2. The highest BCUT2D eigenvalue weighted by atomic mass is 16.3. The van der Waals surface area contributed by atoms with Gasteiger partial charge in [-0.1, -0.05) is 67.7 Å². The van der Waals surface area contributed by atoms with Gasteiger partial charge in [0.2, 0.25) is 59.1 Å². The third-order valence-electron chi connectivity index (χ3n) is 12.2. The Morgan fingerprint density at radius 2 is 1.21 bits per heavy atom. The molecule has 1 rings (SSSR count). The van der Waals surface area contributed by atoms with Crippen molar-refractivity contribution in [1.29, 1.82) is 0 Å². The number of nitrogens with one attached hydrogen (secondary N) is 8. The van der Waals surface area contributed by atoms with Gasteiger partial charge in [0.15, 0.2) is 5.96 Å². The van der Waals surface area contributed by atoms with Crippen LogP contribution in [0.2, 0.25) is 0 Å². The SMILES string of the molecule is CCC[C@H](NC(=O)[C@@H](NC(=O)[C@@H](NC(=O)[C@H](NC(=O)CNC(=O)CN(C)C(C)=O)C(C)C)C(C)CC)[C@@H](C)O)C(=O)N[C@H](C(=O)N[C@@H](CCCN=C(N)N)C(=O)N1CCC[C@H]1C(=O)NCC)[C@@H](C)CC. The smallest absolute Gasteiger partial charge is 0.245 e. The van der Waals surface area contributed by atoms with E-state index in [2.05, 4.69) is 47.5 Å². The molecule has 70 heavy (non-hydrogen) atoms. The Morgan fingerprint density at radius 1 is 0.686 bits per heavy atom. The maximum atomic E-state index is 14.2. The first kappa shape index (κ1) is 61.9. The molecule has 24 nitrogen and oxygen atoms in total. The summed E-state index contributed by atoms with van der Waals surface area (Å²) in [5.41, 5.74) is 11.0. The molecule has 1 unspecified atom stereocenters. The van der Waals surface area contributed by atoms with Gasteiger partial charge in [-0.3, -0.25) is 52.9 Å². The van der Waals surface area contributed by atoms with Gasteiger partial charge in [0.25, 0.3) is 0 Å². The molecule has 0 bridgehead atoms. The third-order valence-corrected chi connectivity index (χ3v) is 12.2. The summed E-state index contributed by atoms with van der Waals surface area (Å²) in [5.74, 6) is -7.96. The van der Waals surface area contributed by atoms with Gasteiger partial charge in [-0.2, -0.15) is 0 Å². The number of hydrogen-bond acceptors (Lipinski definition) is 12. The lowest BCUT2D eigenvalue weighted by Gasteiger charge is -2.32. The van der Waals surface area contributed by atoms with Gasteiger partial charge in [-0.15, -0.1) is 0 Å². The quantitative estimate of drug-likeness (QED) is 0.0203. The van der Waals surface area contributed by atoms with Crippen molar-refractivity contribution < 1.29 is 53.1 Å². The molecule has 0 aromatic heterocycles. The lowest BCUT2D eigenvalue weighted by Crippen LogP contribution is -2.63. The molecule has 1 aliphatic heterocycles. The molecule has 0 aromatic carbocycles. The number of guanidine groups is 1. The summed E-state index contributed by atoms with van der Waals surface area (Å²) < 4.78 is 0. The van der Waals surface area contributed by atoms with Gasteiger partial charge in [0.1, 0.15) is 42.3 Å². The molecule has 0 spiro atoms. The minimum absolute atomic E-state index is 0.0853. The molecule has 398 valence electrons. The molecule has 13 N–H and O–H groups in total. The molecule has 10 atom stereocenters. The van der Waals surface area contributed by atoms with Gasteiger partial charge < -0.3 is 68.9 Å². The van der Waals surface area contributed by atoms with E-state index in [0.717, 1.165) is 4.90 Å². The monoisotopic (exact) mass is 994 g/mol. The topological polar surface area (TPSA) is 358 Å². The minimum Gasteiger partial charge on any atom is -0.391 e. The van der Waals surface area contributed by atoms with E-state index in [4.69, 9.17) is 11.5 Å². The average molecular weight is 994 g/mol. The summed E-state index contributed by atoms with van der Waals surface area (Å²) in [7, 11) is 1.42. The largest absolute Gasteiger partial charge is 0.391 e. The van der Waals surface area contributed by atoms with Crippen LogP contribution in [0.15, 0.2) is 4.99 Å². The molecule has 0 radical (unpaired) electrons. The van der Waals surface area contributed by atoms with Gasteiger partial charge in [0, 0.05) is 33.6 Å². The first-order valence-corrected chi connectivity index (χ1v) is 24.5. The molecule has 1 aliphatic rings. The molecular weight excluding hydrogens is 911 g/mol. The van der Waals surface area contributed by atoms with Gasteiger partial charge in [-0.25, -0.2) is 0 Å². The summed E-state index contributed by atoms with van der Waals surface area (Å²) in [4.78, 5) is 140. The minimum atomic E-state index is -1.62. The van der Waals surface area contributed by atoms with Crippen molar-refractivity contribution in [3.05, 3.63) is 0 Å². The molecule has 0 aliphatic carbocycles. The van der Waals surface area contributed by atoms with Crippen LogP contribution in [0.5, 0.6) is 0 Å². The number of aliphatic imine (C=N–C) groups is 1. The fourth-order valence-corrected chi connectivity index (χ4v) is 7.51. The molecule has 1 fully saturated rings. The van der Waals surface area contributed by atoms with Crippen molar-refractivity contribution in [3.63, 3.8) is 0 Å². The fraction of sp³-hybridized carbons (Fsp3) is 0.761. The van der Waals surface area contributed by atoms with Crippen molar-refractivity contribution in [2.24, 2.45) is 34.2 Å². The molecule has 0 aromatic rings. The molecule has 10 amide bonds. The number of aliphatic hydroxyl groups excluding tert-OH is 1. The van der Waals surface area contributed by atoms with Crippen LogP contribution < -0.4 is 54.0 Å². The Hall–Kier alpha value is -6.07. The molecule has 24 heteroatoms. The molecule has 1 heterocycles. The highest BCUT2D eigenvalue weighted by Gasteiger charge is 2.40. The highest BCUT2D eigenvalue weighted by Crippen LogP contribution is 2.21. The Kier molecular flexibility index (Phi) is 27.6. The standard InChI is InChI=1S/C46H83N13O11/c1-12-18-30(39(64)55-36(26(7)13-2)42(67)53-31(19-16-21-50-46(47)48)45(70)59-22-17-20-32(59)40(65)49-15-4)52-44(69)38(28(9)60)57-43(68)37(27(8)14-3)56-41(66)35(25(5)6)54-33(62)23-51-34(63)24-58(11)29(10)61/h25-28,30-32,35-38,60H,12-24H2,1-11H3,(H,49,65)(H,51,63)(H,52,69)(H,53,67)(H,54,62)(H,55,64)(H,56,66)(H,57,68)(H4,47,48,50)/t26-,27?,28+,30-,31-,32-,35+,36-,37-,38-/m0/s1. The number of nitrogens with zero attached hydrogens (tertiary/aromatic N) is 3. The third kappa shape index (κ3) is 20.5. The maximum absolute atomic E-state index is 14.2. The predicted molar refractivity (Wildman–Crippen MR) is 262 cm³/mol. The number of likely N-dealkylation sites (N-methyl/N-ethyl adjacent to an activating group) is 2. The van der Waals surface area contributed by atoms with Crippen molar-refractivity contribution in [2.75, 3.05) is 39.8 Å². The van der Waals surface area contributed by atoms with E-state index < -0.39 is 120 Å². The number of likely N-dealkylation sites (tertiary alicyclic amines) is 1. The number of carbonyl (C=O) groups excluding carboxylic acids is 10. The van der Waals surface area contributed by atoms with Gasteiger partial charge in [-0.05, 0) is 63.7 Å². The van der Waals surface area contributed by atoms with E-state index in [0.29, 0.717) is 51.6 Å². The Morgan fingerprint density at radius 3 is 1.73 bits per heavy atom. The number of rotatable bonds is 30. The van der Waals surface area contributed by atoms with E-state index in [1.165, 1.54) is 25.8 Å². The van der Waals surface area contributed by atoms with Crippen molar-refractivity contribution in [1.82, 2.24) is 52.3 Å². The van der Waals surface area contributed by atoms with Crippen molar-refractivity contribution >= 4 is 65.0 Å². The zero-order valence-corrected chi connectivity index (χ0v) is 43.1. The van der Waals surface area contributed by atoms with Gasteiger partial charge >= 0.3 is 0 Å². The highest BCUT2D eigenvalue weighted by molar-refractivity contribution is 5.98. The van der Waals surface area contributed by atoms with E-state index in [1.54, 1.807) is 48.5 Å². The van der Waals surface area contributed by atoms with Crippen LogP contribution in [0.3, 0.4) is 0 Å². The molecule has 1 saturated heterocycles. The number of carbonyl (C=O) groups is 10. The number of hydrogen-bond donors (Lipinski definition) is 11. The maximum Gasteiger partial charge on any atom is 0.245 e. The van der Waals surface area contributed by atoms with Crippen molar-refractivity contribution in [2.45, 2.75) is 169 Å². The van der Waals surface area contributed by atoms with Crippen molar-refractivity contribution in [3.8, 4) is 0 Å². The summed E-state index contributed by atoms with van der Waals surface area (Å²) in [6.45, 7) is 16.5. The van der Waals surface area contributed by atoms with E-state index in [9.17, 15) is 53.1 Å². The molecular formula is C46H83N13O11. The summed E-state index contributed by atoms with van der Waals surface area (Å²) >= 11 is 0. The van der Waals surface area contributed by atoms with E-state index in [-0.39, 0.29) is 43.7 Å². The summed E-state index contributed by atoms with van der Waals surface area (Å²) in [5, 5.41) is 31.9. The molecule has 0 saturated carbocycles. The fourth-order valence-electron chi connectivity index (χ4n) is 7.51. The summed E-state index contributed by atoms with van der Waals surface area (Å²) in [6, 6.07) is -8.31. The van der Waals surface area contributed by atoms with Crippen LogP contribution in [-0.4, -0.2) is 168 Å². The van der Waals surface area contributed by atoms with Gasteiger partial charge in [0.05, 0.1) is 19.2 Å². The lowest BCUT2D eigenvalue weighted by molar-refractivity contribution is -0.142. The van der Waals surface area contributed by atoms with Crippen LogP contribution >= 0.6 is 0 Å². The zero-order valence-electron chi connectivity index (χ0n) is 43.1. The Bertz CT molecular complexity index is 1830. The van der Waals surface area contributed by atoms with Crippen LogP contribution in [0.25, 0.3) is 0 Å². The van der Waals surface area contributed by atoms with Crippen LogP contribution in [0, 0.1) is 17.8 Å². The first-order chi connectivity index (χ1) is 32.8. The zero-order chi connectivity index (χ0) is 53.4.